The summed E-state index contributed by atoms with van der Waals surface area (Å²) in [6.45, 7) is 2.95. The van der Waals surface area contributed by atoms with Gasteiger partial charge in [-0.25, -0.2) is 0 Å². The van der Waals surface area contributed by atoms with Gasteiger partial charge in [0.15, 0.2) is 0 Å². The van der Waals surface area contributed by atoms with Crippen LogP contribution < -0.4 is 4.90 Å². The minimum absolute atomic E-state index is 1.04. The van der Waals surface area contributed by atoms with E-state index < -0.39 is 0 Å². The van der Waals surface area contributed by atoms with Crippen LogP contribution in [0.5, 0.6) is 0 Å². The quantitative estimate of drug-likeness (QED) is 0.590. The van der Waals surface area contributed by atoms with E-state index in [2.05, 4.69) is 0 Å². The minimum Gasteiger partial charge on any atom is -0.333 e. The van der Waals surface area contributed by atoms with Crippen LogP contribution in [0.25, 0.3) is 0 Å². The summed E-state index contributed by atoms with van der Waals surface area (Å²) in [4.78, 5) is 1.95. The first-order valence-electron chi connectivity index (χ1n) is 6.31. The number of rotatable bonds is 1. The lowest BCUT2D eigenvalue weighted by molar-refractivity contribution is -0.930. The molecule has 0 unspecified atom stereocenters. The van der Waals surface area contributed by atoms with Crippen molar-refractivity contribution < 1.29 is 4.90 Å². The van der Waals surface area contributed by atoms with E-state index in [0.29, 0.717) is 0 Å². The lowest BCUT2D eigenvalue weighted by Gasteiger charge is -2.30. The molecule has 13 heavy (non-hydrogen) atoms. The molecule has 0 aromatic heterocycles. The van der Waals surface area contributed by atoms with Gasteiger partial charge in [0, 0.05) is 0 Å². The molecule has 2 aliphatic rings. The van der Waals surface area contributed by atoms with Crippen molar-refractivity contribution in [2.24, 2.45) is 0 Å². The number of hydrogen-bond acceptors (Lipinski definition) is 0. The van der Waals surface area contributed by atoms with Gasteiger partial charge in [0.25, 0.3) is 0 Å². The summed E-state index contributed by atoms with van der Waals surface area (Å²) in [6, 6.07) is 1.04. The molecule has 0 atom stereocenters. The second kappa shape index (κ2) is 4.99. The highest BCUT2D eigenvalue weighted by Gasteiger charge is 2.24. The van der Waals surface area contributed by atoms with Crippen molar-refractivity contribution in [3.8, 4) is 0 Å². The summed E-state index contributed by atoms with van der Waals surface area (Å²) in [5.74, 6) is 0. The second-order valence-electron chi connectivity index (χ2n) is 4.91. The number of likely N-dealkylation sites (tertiary alicyclic amines) is 1. The molecular weight excluding hydrogens is 158 g/mol. The first-order valence-corrected chi connectivity index (χ1v) is 6.31. The number of hydrogen-bond donors (Lipinski definition) is 1. The minimum atomic E-state index is 1.04. The summed E-state index contributed by atoms with van der Waals surface area (Å²) < 4.78 is 0. The number of nitrogens with one attached hydrogen (secondary N) is 1. The van der Waals surface area contributed by atoms with E-state index in [-0.39, 0.29) is 0 Å². The van der Waals surface area contributed by atoms with Gasteiger partial charge in [0.1, 0.15) is 0 Å². The molecule has 1 nitrogen and oxygen atoms in total. The van der Waals surface area contributed by atoms with Gasteiger partial charge in [0.2, 0.25) is 0 Å². The van der Waals surface area contributed by atoms with Gasteiger partial charge in [-0.2, -0.15) is 0 Å². The highest BCUT2D eigenvalue weighted by molar-refractivity contribution is 4.63. The van der Waals surface area contributed by atoms with E-state index in [1.165, 1.54) is 70.9 Å². The lowest BCUT2D eigenvalue weighted by Crippen LogP contribution is -3.16. The van der Waals surface area contributed by atoms with Crippen molar-refractivity contribution in [2.75, 3.05) is 13.1 Å². The maximum absolute atomic E-state index is 1.95. The Labute approximate surface area is 82.5 Å². The Balaban J connectivity index is 1.82. The molecule has 1 saturated heterocycles. The zero-order valence-corrected chi connectivity index (χ0v) is 8.86. The summed E-state index contributed by atoms with van der Waals surface area (Å²) in [6.07, 6.45) is 13.6. The third-order valence-corrected chi connectivity index (χ3v) is 3.93. The largest absolute Gasteiger partial charge is 0.333 e. The molecule has 2 fully saturated rings. The Hall–Kier alpha value is -0.0400. The first kappa shape index (κ1) is 9.51. The summed E-state index contributed by atoms with van der Waals surface area (Å²) in [5.41, 5.74) is 0. The molecule has 0 radical (unpaired) electrons. The van der Waals surface area contributed by atoms with Gasteiger partial charge in [-0.3, -0.25) is 0 Å². The average molecular weight is 182 g/mol. The Morgan fingerprint density at radius 3 is 1.77 bits per heavy atom. The van der Waals surface area contributed by atoms with Gasteiger partial charge in [-0.15, -0.1) is 0 Å². The molecule has 1 aliphatic heterocycles. The Bertz CT molecular complexity index is 130. The van der Waals surface area contributed by atoms with E-state index >= 15 is 0 Å². The molecule has 1 heterocycles. The molecule has 0 bridgehead atoms. The van der Waals surface area contributed by atoms with Gasteiger partial charge in [0.05, 0.1) is 19.1 Å². The molecule has 2 rings (SSSR count). The van der Waals surface area contributed by atoms with Gasteiger partial charge >= 0.3 is 0 Å². The standard InChI is InChI=1S/C12H23N/c1-2-5-9-12(8-4-1)13-10-6-3-7-11-13/h12H,1-11H2/p+1. The van der Waals surface area contributed by atoms with E-state index in [1.807, 2.05) is 4.90 Å². The normalized spacial score (nSPS) is 28.6. The smallest absolute Gasteiger partial charge is 0.0874 e. The highest BCUT2D eigenvalue weighted by Crippen LogP contribution is 2.16. The monoisotopic (exact) mass is 182 g/mol. The molecule has 1 aliphatic carbocycles. The average Bonchev–Trinajstić information content (AvgIpc) is 2.47. The molecule has 76 valence electrons. The zero-order chi connectivity index (χ0) is 8.93. The molecule has 1 N–H and O–H groups in total. The van der Waals surface area contributed by atoms with Crippen LogP contribution in [0, 0.1) is 0 Å². The fraction of sp³-hybridized carbons (Fsp3) is 1.00. The van der Waals surface area contributed by atoms with Crippen molar-refractivity contribution in [3.05, 3.63) is 0 Å². The van der Waals surface area contributed by atoms with E-state index in [0.717, 1.165) is 6.04 Å². The Morgan fingerprint density at radius 1 is 0.615 bits per heavy atom. The molecule has 0 spiro atoms. The third kappa shape index (κ3) is 2.70. The SMILES string of the molecule is C1CCCC([NH+]2CCCCC2)CC1. The second-order valence-corrected chi connectivity index (χ2v) is 4.91. The van der Waals surface area contributed by atoms with Crippen LogP contribution in [-0.4, -0.2) is 19.1 Å². The van der Waals surface area contributed by atoms with Crippen LogP contribution in [0.15, 0.2) is 0 Å². The molecular formula is C12H24N+. The summed E-state index contributed by atoms with van der Waals surface area (Å²) in [7, 11) is 0. The first-order chi connectivity index (χ1) is 6.47. The predicted octanol–water partition coefficient (Wildman–Crippen LogP) is 1.78. The van der Waals surface area contributed by atoms with Gasteiger partial charge in [-0.05, 0) is 44.9 Å². The summed E-state index contributed by atoms with van der Waals surface area (Å²) in [5, 5.41) is 0. The van der Waals surface area contributed by atoms with Crippen molar-refractivity contribution in [3.63, 3.8) is 0 Å². The Kier molecular flexibility index (Phi) is 3.65. The van der Waals surface area contributed by atoms with E-state index in [1.54, 1.807) is 0 Å². The lowest BCUT2D eigenvalue weighted by atomic mass is 10.0. The maximum atomic E-state index is 1.95. The van der Waals surface area contributed by atoms with Crippen LogP contribution >= 0.6 is 0 Å². The molecule has 0 aromatic rings. The fourth-order valence-electron chi connectivity index (χ4n) is 3.10. The maximum Gasteiger partial charge on any atom is 0.0874 e. The molecule has 0 aromatic carbocycles. The summed E-state index contributed by atoms with van der Waals surface area (Å²) >= 11 is 0. The van der Waals surface area contributed by atoms with Crippen LogP contribution in [0.1, 0.15) is 57.8 Å². The van der Waals surface area contributed by atoms with Gasteiger partial charge < -0.3 is 4.90 Å². The third-order valence-electron chi connectivity index (χ3n) is 3.93. The van der Waals surface area contributed by atoms with Crippen molar-refractivity contribution in [1.82, 2.24) is 0 Å². The zero-order valence-electron chi connectivity index (χ0n) is 8.86. The predicted molar refractivity (Wildman–Crippen MR) is 56.0 cm³/mol. The van der Waals surface area contributed by atoms with E-state index in [4.69, 9.17) is 0 Å². The van der Waals surface area contributed by atoms with Crippen LogP contribution in [0.4, 0.5) is 0 Å². The molecule has 1 heteroatoms. The van der Waals surface area contributed by atoms with Crippen molar-refractivity contribution in [1.29, 1.82) is 0 Å². The van der Waals surface area contributed by atoms with Crippen LogP contribution in [0.2, 0.25) is 0 Å². The number of quaternary nitrogens is 1. The van der Waals surface area contributed by atoms with Gasteiger partial charge in [-0.1, -0.05) is 12.8 Å². The Morgan fingerprint density at radius 2 is 1.15 bits per heavy atom. The van der Waals surface area contributed by atoms with E-state index in [9.17, 15) is 0 Å². The number of piperidine rings is 1. The molecule has 0 amide bonds. The topological polar surface area (TPSA) is 4.44 Å². The molecule has 1 saturated carbocycles. The highest BCUT2D eigenvalue weighted by atomic mass is 15.2. The fourth-order valence-corrected chi connectivity index (χ4v) is 3.10. The van der Waals surface area contributed by atoms with Crippen molar-refractivity contribution in [2.45, 2.75) is 63.8 Å². The van der Waals surface area contributed by atoms with Crippen LogP contribution in [-0.2, 0) is 0 Å². The van der Waals surface area contributed by atoms with Crippen molar-refractivity contribution >= 4 is 0 Å². The van der Waals surface area contributed by atoms with Crippen LogP contribution in [0.3, 0.4) is 0 Å².